The van der Waals surface area contributed by atoms with E-state index in [2.05, 4.69) is 5.32 Å². The molecule has 1 N–H and O–H groups in total. The molecule has 2 aromatic rings. The molecule has 0 radical (unpaired) electrons. The highest BCUT2D eigenvalue weighted by atomic mass is 35.5. The Kier molecular flexibility index (Phi) is 5.64. The van der Waals surface area contributed by atoms with Crippen LogP contribution in [0.25, 0.3) is 0 Å². The number of imide groups is 1. The van der Waals surface area contributed by atoms with E-state index in [4.69, 9.17) is 32.7 Å². The standard InChI is InChI=1S/C24H20Cl2N2O5/c25-15-6-7-17(16(26)10-15)32-12-19(29)27-13-24-9-8-18(33-24)20-21(24)23(31)28(22(20)30)11-14-4-2-1-3-5-14/h1-10,18,20-21H,11-13H2,(H,27,29). The molecule has 2 fully saturated rings. The smallest absolute Gasteiger partial charge is 0.258 e. The molecule has 2 bridgehead atoms. The maximum Gasteiger partial charge on any atom is 0.258 e. The van der Waals surface area contributed by atoms with E-state index >= 15 is 0 Å². The first kappa shape index (κ1) is 21.9. The molecule has 7 nitrogen and oxygen atoms in total. The van der Waals surface area contributed by atoms with Gasteiger partial charge in [-0.05, 0) is 23.8 Å². The Morgan fingerprint density at radius 1 is 1.12 bits per heavy atom. The van der Waals surface area contributed by atoms with Gasteiger partial charge in [0.1, 0.15) is 11.4 Å². The minimum absolute atomic E-state index is 0.0515. The first-order valence-corrected chi connectivity index (χ1v) is 11.2. The zero-order valence-electron chi connectivity index (χ0n) is 17.4. The number of carbonyl (C=O) groups excluding carboxylic acids is 3. The summed E-state index contributed by atoms with van der Waals surface area (Å²) in [5.74, 6) is -1.84. The molecule has 3 heterocycles. The van der Waals surface area contributed by atoms with Crippen LogP contribution in [0.4, 0.5) is 0 Å². The molecule has 9 heteroatoms. The number of amides is 3. The molecule has 3 aliphatic heterocycles. The van der Waals surface area contributed by atoms with Gasteiger partial charge in [-0.15, -0.1) is 0 Å². The summed E-state index contributed by atoms with van der Waals surface area (Å²) in [7, 11) is 0. The van der Waals surface area contributed by atoms with Crippen molar-refractivity contribution in [3.8, 4) is 5.75 Å². The lowest BCUT2D eigenvalue weighted by molar-refractivity contribution is -0.145. The van der Waals surface area contributed by atoms with Crippen molar-refractivity contribution in [1.29, 1.82) is 0 Å². The molecule has 2 saturated heterocycles. The third-order valence-electron chi connectivity index (χ3n) is 6.24. The SMILES string of the molecule is O=C(COc1ccc(Cl)cc1Cl)NCC12C=CC(O1)C1C(=O)N(Cc3ccccc3)C(=O)C12. The van der Waals surface area contributed by atoms with Gasteiger partial charge < -0.3 is 14.8 Å². The number of likely N-dealkylation sites (tertiary alicyclic amines) is 1. The van der Waals surface area contributed by atoms with E-state index in [0.717, 1.165) is 5.56 Å². The molecule has 3 aliphatic rings. The Hall–Kier alpha value is -2.87. The number of hydrogen-bond donors (Lipinski definition) is 1. The summed E-state index contributed by atoms with van der Waals surface area (Å²) in [5, 5.41) is 3.52. The maximum atomic E-state index is 13.2. The van der Waals surface area contributed by atoms with Crippen molar-refractivity contribution in [1.82, 2.24) is 10.2 Å². The zero-order valence-corrected chi connectivity index (χ0v) is 18.9. The molecular weight excluding hydrogens is 467 g/mol. The van der Waals surface area contributed by atoms with Crippen LogP contribution in [0.5, 0.6) is 5.75 Å². The second-order valence-electron chi connectivity index (χ2n) is 8.29. The van der Waals surface area contributed by atoms with Crippen LogP contribution in [0.1, 0.15) is 5.56 Å². The lowest BCUT2D eigenvalue weighted by Gasteiger charge is -2.29. The minimum atomic E-state index is -1.05. The Balaban J connectivity index is 1.24. The molecule has 0 aromatic heterocycles. The summed E-state index contributed by atoms with van der Waals surface area (Å²) in [5.41, 5.74) is -0.179. The number of ether oxygens (including phenoxy) is 2. The maximum absolute atomic E-state index is 13.2. The number of hydrogen-bond acceptors (Lipinski definition) is 5. The van der Waals surface area contributed by atoms with Crippen molar-refractivity contribution >= 4 is 40.9 Å². The number of fused-ring (bicyclic) bond motifs is 5. The second kappa shape index (κ2) is 8.48. The third-order valence-corrected chi connectivity index (χ3v) is 6.77. The zero-order chi connectivity index (χ0) is 23.2. The average Bonchev–Trinajstić information content (AvgIpc) is 3.44. The van der Waals surface area contributed by atoms with Gasteiger partial charge in [-0.3, -0.25) is 19.3 Å². The fraction of sp³-hybridized carbons (Fsp3) is 0.292. The number of nitrogens with zero attached hydrogens (tertiary/aromatic N) is 1. The highest BCUT2D eigenvalue weighted by Crippen LogP contribution is 2.51. The number of nitrogens with one attached hydrogen (secondary N) is 1. The first-order chi connectivity index (χ1) is 15.9. The van der Waals surface area contributed by atoms with Gasteiger partial charge in [-0.2, -0.15) is 0 Å². The van der Waals surface area contributed by atoms with Crippen molar-refractivity contribution in [3.63, 3.8) is 0 Å². The normalized spacial score (nSPS) is 27.2. The topological polar surface area (TPSA) is 84.9 Å². The van der Waals surface area contributed by atoms with Gasteiger partial charge in [-0.25, -0.2) is 0 Å². The molecule has 0 spiro atoms. The fourth-order valence-electron chi connectivity index (χ4n) is 4.71. The summed E-state index contributed by atoms with van der Waals surface area (Å²) < 4.78 is 11.5. The van der Waals surface area contributed by atoms with Crippen molar-refractivity contribution < 1.29 is 23.9 Å². The van der Waals surface area contributed by atoms with E-state index in [1.165, 1.54) is 11.0 Å². The molecule has 170 valence electrons. The average molecular weight is 487 g/mol. The van der Waals surface area contributed by atoms with Crippen LogP contribution in [0, 0.1) is 11.8 Å². The van der Waals surface area contributed by atoms with Crippen LogP contribution in [0.3, 0.4) is 0 Å². The van der Waals surface area contributed by atoms with Gasteiger partial charge >= 0.3 is 0 Å². The quantitative estimate of drug-likeness (QED) is 0.480. The van der Waals surface area contributed by atoms with Crippen LogP contribution < -0.4 is 10.1 Å². The largest absolute Gasteiger partial charge is 0.482 e. The Morgan fingerprint density at radius 2 is 1.91 bits per heavy atom. The van der Waals surface area contributed by atoms with Crippen molar-refractivity contribution in [2.75, 3.05) is 13.2 Å². The second-order valence-corrected chi connectivity index (χ2v) is 9.13. The van der Waals surface area contributed by atoms with Crippen LogP contribution in [0.2, 0.25) is 10.0 Å². The van der Waals surface area contributed by atoms with E-state index in [-0.39, 0.29) is 31.5 Å². The Bertz CT molecular complexity index is 1150. The highest BCUT2D eigenvalue weighted by Gasteiger charge is 2.67. The predicted octanol–water partition coefficient (Wildman–Crippen LogP) is 3.00. The van der Waals surface area contributed by atoms with Crippen molar-refractivity contribution in [2.45, 2.75) is 18.2 Å². The van der Waals surface area contributed by atoms with Crippen LogP contribution in [-0.2, 0) is 25.7 Å². The van der Waals surface area contributed by atoms with Gasteiger partial charge in [-0.1, -0.05) is 65.7 Å². The lowest BCUT2D eigenvalue weighted by atomic mass is 9.77. The number of carbonyl (C=O) groups is 3. The summed E-state index contributed by atoms with van der Waals surface area (Å²) in [6.07, 6.45) is 3.11. The number of halogens is 2. The summed E-state index contributed by atoms with van der Waals surface area (Å²) >= 11 is 11.9. The van der Waals surface area contributed by atoms with E-state index in [1.807, 2.05) is 30.3 Å². The molecule has 5 rings (SSSR count). The summed E-state index contributed by atoms with van der Waals surface area (Å²) in [4.78, 5) is 40.0. The first-order valence-electron chi connectivity index (χ1n) is 10.5. The number of rotatable bonds is 7. The Labute approximate surface area is 200 Å². The van der Waals surface area contributed by atoms with Gasteiger partial charge in [0.05, 0.1) is 36.1 Å². The van der Waals surface area contributed by atoms with E-state index in [0.29, 0.717) is 15.8 Å². The van der Waals surface area contributed by atoms with E-state index < -0.39 is 29.4 Å². The van der Waals surface area contributed by atoms with Crippen LogP contribution in [0.15, 0.2) is 60.7 Å². The number of benzene rings is 2. The third kappa shape index (κ3) is 3.90. The van der Waals surface area contributed by atoms with E-state index in [1.54, 1.807) is 24.3 Å². The molecule has 33 heavy (non-hydrogen) atoms. The summed E-state index contributed by atoms with van der Waals surface area (Å²) in [6.45, 7) is -0.00204. The molecule has 3 amide bonds. The van der Waals surface area contributed by atoms with Crippen LogP contribution >= 0.6 is 23.2 Å². The Morgan fingerprint density at radius 3 is 2.67 bits per heavy atom. The van der Waals surface area contributed by atoms with Gasteiger partial charge in [0, 0.05) is 5.02 Å². The molecule has 4 atom stereocenters. The highest BCUT2D eigenvalue weighted by molar-refractivity contribution is 6.35. The molecule has 0 saturated carbocycles. The van der Waals surface area contributed by atoms with Gasteiger partial charge in [0.2, 0.25) is 11.8 Å². The van der Waals surface area contributed by atoms with E-state index in [9.17, 15) is 14.4 Å². The molecule has 2 aromatic carbocycles. The van der Waals surface area contributed by atoms with Crippen LogP contribution in [-0.4, -0.2) is 47.5 Å². The minimum Gasteiger partial charge on any atom is -0.482 e. The predicted molar refractivity (Wildman–Crippen MR) is 121 cm³/mol. The van der Waals surface area contributed by atoms with Gasteiger partial charge in [0.15, 0.2) is 6.61 Å². The van der Waals surface area contributed by atoms with Gasteiger partial charge in [0.25, 0.3) is 5.91 Å². The molecular formula is C24H20Cl2N2O5. The van der Waals surface area contributed by atoms with Crippen molar-refractivity contribution in [3.05, 3.63) is 76.3 Å². The monoisotopic (exact) mass is 486 g/mol. The summed E-state index contributed by atoms with van der Waals surface area (Å²) in [6, 6.07) is 14.1. The fourth-order valence-corrected chi connectivity index (χ4v) is 5.17. The molecule has 4 unspecified atom stereocenters. The van der Waals surface area contributed by atoms with Crippen molar-refractivity contribution in [2.24, 2.45) is 11.8 Å². The lowest BCUT2D eigenvalue weighted by Crippen LogP contribution is -2.49. The molecule has 0 aliphatic carbocycles.